The van der Waals surface area contributed by atoms with Gasteiger partial charge in [0.1, 0.15) is 11.0 Å². The lowest BCUT2D eigenvalue weighted by atomic mass is 10.2. The second kappa shape index (κ2) is 9.64. The third-order valence-electron chi connectivity index (χ3n) is 7.97. The van der Waals surface area contributed by atoms with E-state index in [9.17, 15) is 0 Å². The number of para-hydroxylation sites is 1. The van der Waals surface area contributed by atoms with Crippen molar-refractivity contribution in [3.05, 3.63) is 134 Å². The van der Waals surface area contributed by atoms with Gasteiger partial charge in [0.15, 0.2) is 11.6 Å². The highest BCUT2D eigenvalue weighted by molar-refractivity contribution is 6.14. The molecule has 8 heteroatoms. The molecular weight excluding hydrogens is 544 g/mol. The van der Waals surface area contributed by atoms with Crippen molar-refractivity contribution in [1.82, 2.24) is 39.0 Å². The Morgan fingerprint density at radius 1 is 0.409 bits per heavy atom. The molecule has 0 aliphatic rings. The molecule has 0 fully saturated rings. The summed E-state index contributed by atoms with van der Waals surface area (Å²) in [5.74, 6) is 1.36. The topological polar surface area (TPSA) is 87.2 Å². The smallest absolute Gasteiger partial charge is 0.159 e. The van der Waals surface area contributed by atoms with Crippen molar-refractivity contribution < 1.29 is 0 Å². The first-order valence-electron chi connectivity index (χ1n) is 14.3. The van der Waals surface area contributed by atoms with Gasteiger partial charge in [0.2, 0.25) is 0 Å². The predicted octanol–water partition coefficient (Wildman–Crippen LogP) is 7.58. The molecule has 0 bridgehead atoms. The lowest BCUT2D eigenvalue weighted by Crippen LogP contribution is -2.00. The Balaban J connectivity index is 1.29. The molecule has 0 saturated heterocycles. The lowest BCUT2D eigenvalue weighted by Gasteiger charge is -2.10. The fourth-order valence-corrected chi connectivity index (χ4v) is 6.00. The van der Waals surface area contributed by atoms with Gasteiger partial charge >= 0.3 is 0 Å². The van der Waals surface area contributed by atoms with Gasteiger partial charge in [0.05, 0.1) is 63.7 Å². The van der Waals surface area contributed by atoms with Crippen molar-refractivity contribution in [2.45, 2.75) is 0 Å². The average Bonchev–Trinajstić information content (AvgIpc) is 3.60. The zero-order chi connectivity index (χ0) is 29.0. The van der Waals surface area contributed by atoms with Crippen LogP contribution in [-0.4, -0.2) is 39.0 Å². The highest BCUT2D eigenvalue weighted by atomic mass is 15.1. The molecule has 0 amide bonds. The number of nitrogens with zero attached hydrogens (tertiary/aromatic N) is 8. The summed E-state index contributed by atoms with van der Waals surface area (Å²) < 4.78 is 4.31. The molecule has 0 radical (unpaired) electrons. The normalized spacial score (nSPS) is 11.6. The van der Waals surface area contributed by atoms with Crippen LogP contribution in [0.5, 0.6) is 0 Å². The first kappa shape index (κ1) is 24.3. The minimum Gasteiger partial charge on any atom is -0.305 e. The maximum Gasteiger partial charge on any atom is 0.159 e. The summed E-state index contributed by atoms with van der Waals surface area (Å²) in [6.07, 6.45) is 9.27. The van der Waals surface area contributed by atoms with Crippen molar-refractivity contribution in [3.63, 3.8) is 0 Å². The van der Waals surface area contributed by atoms with Gasteiger partial charge in [0.25, 0.3) is 0 Å². The van der Waals surface area contributed by atoms with Gasteiger partial charge in [-0.05, 0) is 24.3 Å². The lowest BCUT2D eigenvalue weighted by molar-refractivity contribution is 1.07. The van der Waals surface area contributed by atoms with Crippen molar-refractivity contribution in [2.75, 3.05) is 0 Å². The second-order valence-electron chi connectivity index (χ2n) is 10.5. The number of hydrogen-bond acceptors (Lipinski definition) is 6. The summed E-state index contributed by atoms with van der Waals surface area (Å²) >= 11 is 0. The maximum absolute atomic E-state index is 5.27. The summed E-state index contributed by atoms with van der Waals surface area (Å²) in [6, 6.07) is 34.4. The molecule has 8 nitrogen and oxygen atoms in total. The molecule has 206 valence electrons. The van der Waals surface area contributed by atoms with Gasteiger partial charge in [-0.15, -0.1) is 0 Å². The largest absolute Gasteiger partial charge is 0.305 e. The Kier molecular flexibility index (Phi) is 5.33. The summed E-state index contributed by atoms with van der Waals surface area (Å²) in [6.45, 7) is 0. The van der Waals surface area contributed by atoms with Crippen LogP contribution in [-0.2, 0) is 0 Å². The van der Waals surface area contributed by atoms with Gasteiger partial charge in [-0.25, -0.2) is 24.9 Å². The predicted molar refractivity (Wildman–Crippen MR) is 173 cm³/mol. The van der Waals surface area contributed by atoms with E-state index in [0.717, 1.165) is 66.5 Å². The summed E-state index contributed by atoms with van der Waals surface area (Å²) in [5, 5.41) is 1.05. The first-order chi connectivity index (χ1) is 21.8. The Hall–Kier alpha value is -6.28. The molecule has 44 heavy (non-hydrogen) atoms. The molecular formula is C36H22N8. The van der Waals surface area contributed by atoms with Crippen LogP contribution in [0.25, 0.3) is 78.2 Å². The Labute approximate surface area is 251 Å². The SMILES string of the molecule is c1ccc(-c2ncc(-n3c4ccccc4c4nc5c6ncccc6n(-c6cnc(-c7ccccc7)nc6)c5cc43)cn2)cc1. The van der Waals surface area contributed by atoms with Crippen molar-refractivity contribution >= 4 is 44.0 Å². The van der Waals surface area contributed by atoms with Crippen LogP contribution in [0.15, 0.2) is 134 Å². The Morgan fingerprint density at radius 2 is 0.932 bits per heavy atom. The zero-order valence-electron chi connectivity index (χ0n) is 23.3. The van der Waals surface area contributed by atoms with E-state index in [0.29, 0.717) is 11.6 Å². The molecule has 9 aromatic rings. The third-order valence-corrected chi connectivity index (χ3v) is 7.97. The molecule has 6 heterocycles. The van der Waals surface area contributed by atoms with Crippen LogP contribution < -0.4 is 0 Å². The van der Waals surface area contributed by atoms with E-state index in [4.69, 9.17) is 29.9 Å². The summed E-state index contributed by atoms with van der Waals surface area (Å²) in [4.78, 5) is 28.9. The quantitative estimate of drug-likeness (QED) is 0.218. The fraction of sp³-hybridized carbons (Fsp3) is 0. The second-order valence-corrected chi connectivity index (χ2v) is 10.5. The molecule has 0 atom stereocenters. The van der Waals surface area contributed by atoms with Crippen molar-refractivity contribution in [3.8, 4) is 34.2 Å². The van der Waals surface area contributed by atoms with E-state index < -0.39 is 0 Å². The number of aromatic nitrogens is 8. The molecule has 9 rings (SSSR count). The average molecular weight is 567 g/mol. The minimum atomic E-state index is 0.674. The monoisotopic (exact) mass is 566 g/mol. The number of rotatable bonds is 4. The van der Waals surface area contributed by atoms with E-state index in [1.54, 1.807) is 0 Å². The number of benzene rings is 3. The minimum absolute atomic E-state index is 0.674. The van der Waals surface area contributed by atoms with Gasteiger partial charge < -0.3 is 9.13 Å². The zero-order valence-corrected chi connectivity index (χ0v) is 23.3. The van der Waals surface area contributed by atoms with Crippen LogP contribution in [0.3, 0.4) is 0 Å². The Morgan fingerprint density at radius 3 is 1.57 bits per heavy atom. The van der Waals surface area contributed by atoms with Crippen LogP contribution in [0.1, 0.15) is 0 Å². The number of pyridine rings is 2. The molecule has 0 aliphatic carbocycles. The van der Waals surface area contributed by atoms with Crippen LogP contribution in [0.4, 0.5) is 0 Å². The van der Waals surface area contributed by atoms with E-state index in [1.807, 2.05) is 110 Å². The van der Waals surface area contributed by atoms with E-state index in [-0.39, 0.29) is 0 Å². The first-order valence-corrected chi connectivity index (χ1v) is 14.3. The van der Waals surface area contributed by atoms with Gasteiger partial charge in [-0.2, -0.15) is 0 Å². The molecule has 0 unspecified atom stereocenters. The Bertz CT molecular complexity index is 2290. The molecule has 0 N–H and O–H groups in total. The van der Waals surface area contributed by atoms with Crippen LogP contribution >= 0.6 is 0 Å². The number of fused-ring (bicyclic) bond motifs is 6. The van der Waals surface area contributed by atoms with Crippen LogP contribution in [0, 0.1) is 0 Å². The highest BCUT2D eigenvalue weighted by Gasteiger charge is 2.21. The van der Waals surface area contributed by atoms with Crippen molar-refractivity contribution in [2.24, 2.45) is 0 Å². The molecule has 6 aromatic heterocycles. The highest BCUT2D eigenvalue weighted by Crippen LogP contribution is 2.36. The molecule has 0 saturated carbocycles. The van der Waals surface area contributed by atoms with E-state index in [1.165, 1.54) is 0 Å². The van der Waals surface area contributed by atoms with Gasteiger partial charge in [-0.1, -0.05) is 78.9 Å². The molecule has 3 aromatic carbocycles. The summed E-state index contributed by atoms with van der Waals surface area (Å²) in [5.41, 5.74) is 9.98. The third kappa shape index (κ3) is 3.71. The van der Waals surface area contributed by atoms with E-state index >= 15 is 0 Å². The van der Waals surface area contributed by atoms with E-state index in [2.05, 4.69) is 33.4 Å². The molecule has 0 aliphatic heterocycles. The maximum atomic E-state index is 5.27. The van der Waals surface area contributed by atoms with Crippen molar-refractivity contribution in [1.29, 1.82) is 0 Å². The fourth-order valence-electron chi connectivity index (χ4n) is 6.00. The molecule has 0 spiro atoms. The van der Waals surface area contributed by atoms with Crippen LogP contribution in [0.2, 0.25) is 0 Å². The van der Waals surface area contributed by atoms with Gasteiger partial charge in [-0.3, -0.25) is 4.98 Å². The van der Waals surface area contributed by atoms with Gasteiger partial charge in [0, 0.05) is 22.7 Å². The standard InChI is InChI=1S/C36H22N8/c1-3-10-23(11-4-1)35-38-19-25(20-39-35)43-28-15-8-7-14-27(28)32-30(43)18-31-34(42-32)33-29(16-9-17-37-33)44(31)26-21-40-36(41-22-26)24-12-5-2-6-13-24/h1-22H. The number of hydrogen-bond donors (Lipinski definition) is 0. The summed E-state index contributed by atoms with van der Waals surface area (Å²) in [7, 11) is 0.